The van der Waals surface area contributed by atoms with Gasteiger partial charge in [-0.3, -0.25) is 0 Å². The zero-order valence-corrected chi connectivity index (χ0v) is 9.05. The number of hydrogen-bond acceptors (Lipinski definition) is 1. The lowest BCUT2D eigenvalue weighted by molar-refractivity contribution is 0.510. The van der Waals surface area contributed by atoms with Crippen molar-refractivity contribution in [2.24, 2.45) is 11.7 Å². The molecule has 0 amide bonds. The molecule has 13 heavy (non-hydrogen) atoms. The highest BCUT2D eigenvalue weighted by Gasteiger charge is 2.06. The minimum Gasteiger partial charge on any atom is -0.324 e. The first-order valence-electron chi connectivity index (χ1n) is 4.50. The average Bonchev–Trinajstić information content (AvgIpc) is 2.05. The van der Waals surface area contributed by atoms with Gasteiger partial charge in [0, 0.05) is 6.04 Å². The lowest BCUT2D eigenvalue weighted by Gasteiger charge is -2.13. The summed E-state index contributed by atoms with van der Waals surface area (Å²) in [6.45, 7) is 4.39. The monoisotopic (exact) mass is 199 g/mol. The van der Waals surface area contributed by atoms with E-state index in [0.717, 1.165) is 6.42 Å². The fourth-order valence-electron chi connectivity index (χ4n) is 1.34. The Morgan fingerprint density at radius 3 is 2.15 bits per heavy atom. The summed E-state index contributed by atoms with van der Waals surface area (Å²) in [6, 6.07) is 10.5. The minimum atomic E-state index is 0. The Morgan fingerprint density at radius 1 is 1.15 bits per heavy atom. The maximum absolute atomic E-state index is 6.00. The van der Waals surface area contributed by atoms with Crippen molar-refractivity contribution in [2.45, 2.75) is 26.3 Å². The van der Waals surface area contributed by atoms with Gasteiger partial charge in [-0.2, -0.15) is 0 Å². The van der Waals surface area contributed by atoms with Crippen molar-refractivity contribution < 1.29 is 0 Å². The van der Waals surface area contributed by atoms with E-state index >= 15 is 0 Å². The van der Waals surface area contributed by atoms with Crippen LogP contribution in [0.15, 0.2) is 30.3 Å². The highest BCUT2D eigenvalue weighted by atomic mass is 35.5. The van der Waals surface area contributed by atoms with Crippen molar-refractivity contribution in [3.8, 4) is 0 Å². The molecule has 2 heteroatoms. The van der Waals surface area contributed by atoms with Crippen molar-refractivity contribution in [1.29, 1.82) is 0 Å². The van der Waals surface area contributed by atoms with E-state index in [9.17, 15) is 0 Å². The number of nitrogens with two attached hydrogens (primary N) is 1. The molecular weight excluding hydrogens is 182 g/mol. The molecule has 0 radical (unpaired) electrons. The number of halogens is 1. The molecule has 0 spiro atoms. The van der Waals surface area contributed by atoms with E-state index in [2.05, 4.69) is 26.0 Å². The fraction of sp³-hybridized carbons (Fsp3) is 0.455. The van der Waals surface area contributed by atoms with Gasteiger partial charge < -0.3 is 5.73 Å². The van der Waals surface area contributed by atoms with E-state index in [4.69, 9.17) is 5.73 Å². The summed E-state index contributed by atoms with van der Waals surface area (Å²) in [5.41, 5.74) is 7.24. The lowest BCUT2D eigenvalue weighted by Crippen LogP contribution is -2.12. The molecule has 0 heterocycles. The SMILES string of the molecule is CC(C)C[C@H](N)c1ccccc1.Cl. The van der Waals surface area contributed by atoms with E-state index in [1.807, 2.05) is 18.2 Å². The van der Waals surface area contributed by atoms with Gasteiger partial charge >= 0.3 is 0 Å². The molecule has 0 aliphatic rings. The van der Waals surface area contributed by atoms with Gasteiger partial charge in [-0.15, -0.1) is 12.4 Å². The summed E-state index contributed by atoms with van der Waals surface area (Å²) < 4.78 is 0. The van der Waals surface area contributed by atoms with Crippen LogP contribution in [0.5, 0.6) is 0 Å². The quantitative estimate of drug-likeness (QED) is 0.796. The van der Waals surface area contributed by atoms with Crippen LogP contribution in [0.4, 0.5) is 0 Å². The molecule has 0 fully saturated rings. The molecule has 0 aliphatic heterocycles. The Morgan fingerprint density at radius 2 is 1.69 bits per heavy atom. The molecule has 2 N–H and O–H groups in total. The summed E-state index contributed by atoms with van der Waals surface area (Å²) in [4.78, 5) is 0. The Hall–Kier alpha value is -0.530. The van der Waals surface area contributed by atoms with Crippen LogP contribution < -0.4 is 5.73 Å². The molecular formula is C11H18ClN. The first-order chi connectivity index (χ1) is 5.70. The second-order valence-electron chi connectivity index (χ2n) is 3.65. The highest BCUT2D eigenvalue weighted by Crippen LogP contribution is 2.17. The van der Waals surface area contributed by atoms with E-state index in [0.29, 0.717) is 5.92 Å². The van der Waals surface area contributed by atoms with Crippen molar-refractivity contribution in [2.75, 3.05) is 0 Å². The van der Waals surface area contributed by atoms with E-state index in [1.165, 1.54) is 5.56 Å². The normalized spacial score (nSPS) is 12.3. The smallest absolute Gasteiger partial charge is 0.0297 e. The van der Waals surface area contributed by atoms with Crippen molar-refractivity contribution in [1.82, 2.24) is 0 Å². The number of benzene rings is 1. The van der Waals surface area contributed by atoms with Gasteiger partial charge in [-0.1, -0.05) is 44.2 Å². The Kier molecular flexibility index (Phi) is 5.76. The topological polar surface area (TPSA) is 26.0 Å². The molecule has 0 saturated heterocycles. The first kappa shape index (κ1) is 12.5. The molecule has 1 nitrogen and oxygen atoms in total. The van der Waals surface area contributed by atoms with Gasteiger partial charge in [-0.05, 0) is 17.9 Å². The van der Waals surface area contributed by atoms with Crippen LogP contribution in [0.2, 0.25) is 0 Å². The van der Waals surface area contributed by atoms with Gasteiger partial charge in [0.15, 0.2) is 0 Å². The van der Waals surface area contributed by atoms with Crippen molar-refractivity contribution >= 4 is 12.4 Å². The summed E-state index contributed by atoms with van der Waals surface area (Å²) in [5.74, 6) is 0.667. The van der Waals surface area contributed by atoms with Crippen LogP contribution in [0.3, 0.4) is 0 Å². The summed E-state index contributed by atoms with van der Waals surface area (Å²) in [5, 5.41) is 0. The van der Waals surface area contributed by atoms with Crippen LogP contribution in [0.1, 0.15) is 31.9 Å². The molecule has 0 saturated carbocycles. The third-order valence-electron chi connectivity index (χ3n) is 1.95. The molecule has 1 rings (SSSR count). The second kappa shape index (κ2) is 6.01. The van der Waals surface area contributed by atoms with Crippen molar-refractivity contribution in [3.63, 3.8) is 0 Å². The average molecular weight is 200 g/mol. The molecule has 74 valence electrons. The van der Waals surface area contributed by atoms with E-state index in [1.54, 1.807) is 0 Å². The van der Waals surface area contributed by atoms with Gasteiger partial charge in [0.1, 0.15) is 0 Å². The largest absolute Gasteiger partial charge is 0.324 e. The molecule has 0 bridgehead atoms. The number of rotatable bonds is 3. The summed E-state index contributed by atoms with van der Waals surface area (Å²) in [6.07, 6.45) is 1.06. The lowest BCUT2D eigenvalue weighted by atomic mass is 9.98. The maximum Gasteiger partial charge on any atom is 0.0297 e. The molecule has 0 aromatic heterocycles. The van der Waals surface area contributed by atoms with Gasteiger partial charge in [0.25, 0.3) is 0 Å². The van der Waals surface area contributed by atoms with E-state index < -0.39 is 0 Å². The van der Waals surface area contributed by atoms with Crippen LogP contribution in [-0.2, 0) is 0 Å². The Labute approximate surface area is 86.7 Å². The molecule has 0 unspecified atom stereocenters. The third-order valence-corrected chi connectivity index (χ3v) is 1.95. The summed E-state index contributed by atoms with van der Waals surface area (Å²) >= 11 is 0. The van der Waals surface area contributed by atoms with Crippen LogP contribution in [-0.4, -0.2) is 0 Å². The predicted octanol–water partition coefficient (Wildman–Crippen LogP) is 3.15. The predicted molar refractivity (Wildman–Crippen MR) is 60.1 cm³/mol. The Bertz CT molecular complexity index is 221. The van der Waals surface area contributed by atoms with Crippen molar-refractivity contribution in [3.05, 3.63) is 35.9 Å². The highest BCUT2D eigenvalue weighted by molar-refractivity contribution is 5.85. The number of hydrogen-bond donors (Lipinski definition) is 1. The molecule has 1 aromatic rings. The van der Waals surface area contributed by atoms with Gasteiger partial charge in [-0.25, -0.2) is 0 Å². The zero-order valence-electron chi connectivity index (χ0n) is 8.23. The first-order valence-corrected chi connectivity index (χ1v) is 4.50. The Balaban J connectivity index is 0.00000144. The van der Waals surface area contributed by atoms with Gasteiger partial charge in [0.2, 0.25) is 0 Å². The zero-order chi connectivity index (χ0) is 8.97. The summed E-state index contributed by atoms with van der Waals surface area (Å²) in [7, 11) is 0. The molecule has 1 atom stereocenters. The van der Waals surface area contributed by atoms with Crippen LogP contribution in [0, 0.1) is 5.92 Å². The standard InChI is InChI=1S/C11H17N.ClH/c1-9(2)8-11(12)10-6-4-3-5-7-10;/h3-7,9,11H,8,12H2,1-2H3;1H/t11-;/m0./s1. The van der Waals surface area contributed by atoms with Gasteiger partial charge in [0.05, 0.1) is 0 Å². The minimum absolute atomic E-state index is 0. The fourth-order valence-corrected chi connectivity index (χ4v) is 1.34. The molecule has 0 aliphatic carbocycles. The second-order valence-corrected chi connectivity index (χ2v) is 3.65. The molecule has 1 aromatic carbocycles. The van der Waals surface area contributed by atoms with E-state index in [-0.39, 0.29) is 18.4 Å². The van der Waals surface area contributed by atoms with Crippen LogP contribution in [0.25, 0.3) is 0 Å². The maximum atomic E-state index is 6.00. The van der Waals surface area contributed by atoms with Crippen LogP contribution >= 0.6 is 12.4 Å². The third kappa shape index (κ3) is 4.30.